The van der Waals surface area contributed by atoms with Gasteiger partial charge in [0, 0.05) is 35.6 Å². The summed E-state index contributed by atoms with van der Waals surface area (Å²) in [4.78, 5) is 29.4. The lowest BCUT2D eigenvalue weighted by atomic mass is 10.0. The lowest BCUT2D eigenvalue weighted by molar-refractivity contribution is -0.140. The van der Waals surface area contributed by atoms with Crippen LogP contribution in [0.5, 0.6) is 11.5 Å². The third kappa shape index (κ3) is 8.34. The van der Waals surface area contributed by atoms with Crippen LogP contribution in [-0.4, -0.2) is 56.8 Å². The summed E-state index contributed by atoms with van der Waals surface area (Å²) in [6.45, 7) is 3.39. The van der Waals surface area contributed by atoms with Gasteiger partial charge in [-0.25, -0.2) is 8.42 Å². The van der Waals surface area contributed by atoms with Crippen LogP contribution in [0.25, 0.3) is 0 Å². The van der Waals surface area contributed by atoms with Gasteiger partial charge in [-0.2, -0.15) is 0 Å². The number of unbranched alkanes of at least 4 members (excludes halogenated alkanes) is 1. The summed E-state index contributed by atoms with van der Waals surface area (Å²) in [6.07, 6.45) is 1.86. The van der Waals surface area contributed by atoms with Crippen molar-refractivity contribution >= 4 is 50.7 Å². The number of nitrogens with zero attached hydrogens (tertiary/aromatic N) is 2. The van der Waals surface area contributed by atoms with E-state index in [2.05, 4.69) is 5.32 Å². The van der Waals surface area contributed by atoms with Crippen LogP contribution in [-0.2, 0) is 32.6 Å². The Kier molecular flexibility index (Phi) is 11.2. The molecule has 1 N–H and O–H groups in total. The van der Waals surface area contributed by atoms with Gasteiger partial charge in [-0.1, -0.05) is 72.9 Å². The molecular weight excluding hydrogens is 613 g/mol. The second-order valence-corrected chi connectivity index (χ2v) is 13.1. The molecule has 0 saturated carbocycles. The van der Waals surface area contributed by atoms with Crippen molar-refractivity contribution < 1.29 is 27.5 Å². The van der Waals surface area contributed by atoms with Crippen LogP contribution in [0.4, 0.5) is 5.69 Å². The predicted octanol–water partition coefficient (Wildman–Crippen LogP) is 5.43. The number of fused-ring (bicyclic) bond motifs is 1. The highest BCUT2D eigenvalue weighted by Crippen LogP contribution is 2.36. The minimum absolute atomic E-state index is 0.0161. The van der Waals surface area contributed by atoms with Crippen molar-refractivity contribution in [1.82, 2.24) is 10.2 Å². The molecule has 0 radical (unpaired) electrons. The van der Waals surface area contributed by atoms with Crippen LogP contribution in [0, 0.1) is 0 Å². The first kappa shape index (κ1) is 32.4. The Bertz CT molecular complexity index is 1540. The Hall–Kier alpha value is -3.47. The predicted molar refractivity (Wildman–Crippen MR) is 168 cm³/mol. The Morgan fingerprint density at radius 3 is 2.42 bits per heavy atom. The minimum atomic E-state index is -3.92. The molecule has 12 heteroatoms. The first-order valence-electron chi connectivity index (χ1n) is 14.1. The maximum atomic E-state index is 14.3. The normalized spacial score (nSPS) is 12.9. The summed E-state index contributed by atoms with van der Waals surface area (Å²) in [5.74, 6) is -0.309. The van der Waals surface area contributed by atoms with Gasteiger partial charge in [-0.15, -0.1) is 0 Å². The van der Waals surface area contributed by atoms with Crippen molar-refractivity contribution in [2.75, 3.05) is 29.9 Å². The van der Waals surface area contributed by atoms with Gasteiger partial charge in [0.05, 0.1) is 11.4 Å². The van der Waals surface area contributed by atoms with Gasteiger partial charge in [0.2, 0.25) is 28.6 Å². The van der Waals surface area contributed by atoms with E-state index in [9.17, 15) is 18.0 Å². The fraction of sp³-hybridized carbons (Fsp3) is 0.355. The van der Waals surface area contributed by atoms with E-state index in [0.717, 1.165) is 22.7 Å². The van der Waals surface area contributed by atoms with Gasteiger partial charge in [0.1, 0.15) is 12.6 Å². The number of carbonyl (C=O) groups excluding carboxylic acids is 2. The average molecular weight is 649 g/mol. The molecule has 1 aliphatic heterocycles. The van der Waals surface area contributed by atoms with E-state index in [-0.39, 0.29) is 37.1 Å². The lowest BCUT2D eigenvalue weighted by Gasteiger charge is -2.34. The molecule has 1 heterocycles. The second kappa shape index (κ2) is 14.8. The van der Waals surface area contributed by atoms with E-state index in [4.69, 9.17) is 32.7 Å². The van der Waals surface area contributed by atoms with Gasteiger partial charge in [0.15, 0.2) is 11.5 Å². The highest BCUT2D eigenvalue weighted by atomic mass is 35.5. The molecule has 0 aromatic heterocycles. The van der Waals surface area contributed by atoms with E-state index in [1.807, 2.05) is 37.3 Å². The summed E-state index contributed by atoms with van der Waals surface area (Å²) in [6, 6.07) is 18.0. The number of ether oxygens (including phenoxy) is 2. The van der Waals surface area contributed by atoms with Crippen molar-refractivity contribution in [3.63, 3.8) is 0 Å². The summed E-state index contributed by atoms with van der Waals surface area (Å²) in [5.41, 5.74) is 1.65. The fourth-order valence-corrected chi connectivity index (χ4v) is 6.18. The van der Waals surface area contributed by atoms with Gasteiger partial charge < -0.3 is 19.7 Å². The van der Waals surface area contributed by atoms with Crippen molar-refractivity contribution in [1.29, 1.82) is 0 Å². The Labute approximate surface area is 262 Å². The zero-order valence-electron chi connectivity index (χ0n) is 24.1. The fourth-order valence-electron chi connectivity index (χ4n) is 4.65. The standard InChI is InChI=1S/C31H35Cl2N3O6S/c1-3-5-15-34-31(38)27(16-22-9-7-6-8-10-22)35(19-23-11-12-24(32)17-26(23)33)30(37)20-36(43(39,40)4-2)25-13-14-28-29(18-25)42-21-41-28/h6-14,17-18,27H,3-5,15-16,19-21H2,1-2H3,(H,34,38). The zero-order chi connectivity index (χ0) is 31.0. The minimum Gasteiger partial charge on any atom is -0.454 e. The monoisotopic (exact) mass is 647 g/mol. The molecule has 0 saturated heterocycles. The highest BCUT2D eigenvalue weighted by molar-refractivity contribution is 7.92. The van der Waals surface area contributed by atoms with E-state index in [0.29, 0.717) is 33.7 Å². The van der Waals surface area contributed by atoms with Crippen LogP contribution in [0.1, 0.15) is 37.8 Å². The molecule has 3 aromatic rings. The van der Waals surface area contributed by atoms with E-state index in [1.54, 1.807) is 30.3 Å². The van der Waals surface area contributed by atoms with Crippen LogP contribution in [0.2, 0.25) is 10.0 Å². The summed E-state index contributed by atoms with van der Waals surface area (Å²) < 4.78 is 38.6. The molecule has 43 heavy (non-hydrogen) atoms. The molecule has 1 aliphatic rings. The summed E-state index contributed by atoms with van der Waals surface area (Å²) >= 11 is 12.6. The van der Waals surface area contributed by atoms with Crippen molar-refractivity contribution in [2.45, 2.75) is 45.7 Å². The largest absolute Gasteiger partial charge is 0.454 e. The van der Waals surface area contributed by atoms with Crippen LogP contribution in [0.15, 0.2) is 66.7 Å². The van der Waals surface area contributed by atoms with E-state index in [1.165, 1.54) is 17.9 Å². The van der Waals surface area contributed by atoms with Gasteiger partial charge in [-0.3, -0.25) is 13.9 Å². The maximum absolute atomic E-state index is 14.3. The molecule has 1 atom stereocenters. The topological polar surface area (TPSA) is 105 Å². The van der Waals surface area contributed by atoms with E-state index < -0.39 is 28.5 Å². The number of hydrogen-bond acceptors (Lipinski definition) is 6. The quantitative estimate of drug-likeness (QED) is 0.234. The molecule has 2 amide bonds. The smallest absolute Gasteiger partial charge is 0.244 e. The van der Waals surface area contributed by atoms with E-state index >= 15 is 0 Å². The molecule has 0 fully saturated rings. The number of hydrogen-bond donors (Lipinski definition) is 1. The molecule has 9 nitrogen and oxygen atoms in total. The zero-order valence-corrected chi connectivity index (χ0v) is 26.4. The molecule has 0 bridgehead atoms. The Morgan fingerprint density at radius 1 is 0.977 bits per heavy atom. The van der Waals surface area contributed by atoms with Crippen molar-refractivity contribution in [3.8, 4) is 11.5 Å². The number of rotatable bonds is 14. The maximum Gasteiger partial charge on any atom is 0.244 e. The molecule has 3 aromatic carbocycles. The van der Waals surface area contributed by atoms with Gasteiger partial charge in [0.25, 0.3) is 0 Å². The molecule has 0 spiro atoms. The Balaban J connectivity index is 1.75. The SMILES string of the molecule is CCCCNC(=O)C(Cc1ccccc1)N(Cc1ccc(Cl)cc1Cl)C(=O)CN(c1ccc2c(c1)OCO2)S(=O)(=O)CC. The third-order valence-electron chi connectivity index (χ3n) is 7.08. The number of sulfonamides is 1. The molecule has 230 valence electrons. The number of carbonyl (C=O) groups is 2. The number of amides is 2. The van der Waals surface area contributed by atoms with Crippen LogP contribution < -0.4 is 19.1 Å². The molecule has 0 aliphatic carbocycles. The average Bonchev–Trinajstić information content (AvgIpc) is 3.47. The third-order valence-corrected chi connectivity index (χ3v) is 9.41. The second-order valence-electron chi connectivity index (χ2n) is 10.1. The first-order valence-corrected chi connectivity index (χ1v) is 16.4. The molecule has 4 rings (SSSR count). The van der Waals surface area contributed by atoms with Crippen LogP contribution >= 0.6 is 23.2 Å². The number of benzene rings is 3. The Morgan fingerprint density at radius 2 is 1.72 bits per heavy atom. The lowest BCUT2D eigenvalue weighted by Crippen LogP contribution is -2.53. The number of halogens is 2. The van der Waals surface area contributed by atoms with Crippen LogP contribution in [0.3, 0.4) is 0 Å². The summed E-state index contributed by atoms with van der Waals surface area (Å²) in [7, 11) is -3.92. The first-order chi connectivity index (χ1) is 20.6. The molecular formula is C31H35Cl2N3O6S. The highest BCUT2D eigenvalue weighted by Gasteiger charge is 2.34. The molecule has 1 unspecified atom stereocenters. The van der Waals surface area contributed by atoms with Crippen molar-refractivity contribution in [2.24, 2.45) is 0 Å². The van der Waals surface area contributed by atoms with Crippen molar-refractivity contribution in [3.05, 3.63) is 87.9 Å². The number of anilines is 1. The summed E-state index contributed by atoms with van der Waals surface area (Å²) in [5, 5.41) is 3.70. The number of nitrogens with one attached hydrogen (secondary N) is 1. The van der Waals surface area contributed by atoms with Gasteiger partial charge >= 0.3 is 0 Å². The van der Waals surface area contributed by atoms with Gasteiger partial charge in [-0.05, 0) is 48.7 Å².